The third-order valence-electron chi connectivity index (χ3n) is 1.96. The molecule has 1 rings (SSSR count). The lowest BCUT2D eigenvalue weighted by atomic mass is 10.3. The van der Waals surface area contributed by atoms with Gasteiger partial charge in [0.1, 0.15) is 0 Å². The van der Waals surface area contributed by atoms with Crippen LogP contribution in [0.4, 0.5) is 0 Å². The van der Waals surface area contributed by atoms with Crippen LogP contribution in [-0.4, -0.2) is 31.3 Å². The minimum Gasteiger partial charge on any atom is -0.383 e. The first kappa shape index (κ1) is 11.6. The summed E-state index contributed by atoms with van der Waals surface area (Å²) >= 11 is 1.71. The van der Waals surface area contributed by atoms with E-state index in [1.807, 2.05) is 6.92 Å². The number of rotatable bonds is 6. The second-order valence-electron chi connectivity index (χ2n) is 3.42. The number of hydrogen-bond acceptors (Lipinski definition) is 4. The summed E-state index contributed by atoms with van der Waals surface area (Å²) in [6, 6.07) is 0.416. The quantitative estimate of drug-likeness (QED) is 0.781. The van der Waals surface area contributed by atoms with E-state index in [4.69, 9.17) is 4.74 Å². The number of aromatic nitrogens is 1. The van der Waals surface area contributed by atoms with Crippen LogP contribution in [0.3, 0.4) is 0 Å². The number of nitrogens with one attached hydrogen (secondary N) is 1. The highest BCUT2D eigenvalue weighted by atomic mass is 32.1. The molecule has 0 aromatic carbocycles. The first-order valence-electron chi connectivity index (χ1n) is 4.85. The van der Waals surface area contributed by atoms with E-state index in [2.05, 4.69) is 22.6 Å². The van der Waals surface area contributed by atoms with Crippen molar-refractivity contribution in [1.82, 2.24) is 10.3 Å². The Hall–Kier alpha value is -0.450. The summed E-state index contributed by atoms with van der Waals surface area (Å²) in [6.45, 7) is 5.88. The molecule has 0 amide bonds. The van der Waals surface area contributed by atoms with Crippen molar-refractivity contribution in [3.63, 3.8) is 0 Å². The zero-order valence-corrected chi connectivity index (χ0v) is 9.86. The average molecular weight is 214 g/mol. The van der Waals surface area contributed by atoms with E-state index in [1.165, 1.54) is 5.69 Å². The van der Waals surface area contributed by atoms with Gasteiger partial charge in [0.15, 0.2) is 0 Å². The molecule has 0 aliphatic rings. The van der Waals surface area contributed by atoms with Crippen molar-refractivity contribution in [2.75, 3.05) is 20.3 Å². The number of methoxy groups -OCH3 is 1. The normalized spacial score (nSPS) is 13.1. The second-order valence-corrected chi connectivity index (χ2v) is 4.48. The molecule has 0 bridgehead atoms. The van der Waals surface area contributed by atoms with Gasteiger partial charge in [0, 0.05) is 31.5 Å². The molecule has 0 spiro atoms. The van der Waals surface area contributed by atoms with Gasteiger partial charge in [-0.2, -0.15) is 0 Å². The Kier molecular flexibility index (Phi) is 5.07. The Balaban J connectivity index is 2.15. The summed E-state index contributed by atoms with van der Waals surface area (Å²) in [5.41, 5.74) is 1.18. The van der Waals surface area contributed by atoms with Crippen molar-refractivity contribution in [2.45, 2.75) is 26.3 Å². The third-order valence-corrected chi connectivity index (χ3v) is 2.78. The number of aryl methyl sites for hydroxylation is 1. The Morgan fingerprint density at radius 1 is 1.64 bits per heavy atom. The molecule has 4 heteroatoms. The summed E-state index contributed by atoms with van der Waals surface area (Å²) in [6.07, 6.45) is 0.998. The van der Waals surface area contributed by atoms with Crippen LogP contribution < -0.4 is 5.32 Å². The van der Waals surface area contributed by atoms with Gasteiger partial charge in [-0.1, -0.05) is 0 Å². The van der Waals surface area contributed by atoms with E-state index in [0.717, 1.165) is 24.6 Å². The van der Waals surface area contributed by atoms with Crippen LogP contribution in [-0.2, 0) is 11.2 Å². The van der Waals surface area contributed by atoms with E-state index in [9.17, 15) is 0 Å². The molecule has 80 valence electrons. The molecular formula is C10H18N2OS. The highest BCUT2D eigenvalue weighted by molar-refractivity contribution is 7.09. The van der Waals surface area contributed by atoms with Crippen LogP contribution in [0.25, 0.3) is 0 Å². The molecule has 1 N–H and O–H groups in total. The highest BCUT2D eigenvalue weighted by Crippen LogP contribution is 2.07. The molecule has 1 aromatic heterocycles. The fourth-order valence-corrected chi connectivity index (χ4v) is 1.93. The number of hydrogen-bond donors (Lipinski definition) is 1. The summed E-state index contributed by atoms with van der Waals surface area (Å²) in [5.74, 6) is 0. The predicted molar refractivity (Wildman–Crippen MR) is 59.9 cm³/mol. The zero-order valence-electron chi connectivity index (χ0n) is 9.04. The van der Waals surface area contributed by atoms with Gasteiger partial charge in [-0.05, 0) is 13.8 Å². The van der Waals surface area contributed by atoms with E-state index in [0.29, 0.717) is 6.04 Å². The summed E-state index contributed by atoms with van der Waals surface area (Å²) in [5, 5.41) is 6.65. The van der Waals surface area contributed by atoms with E-state index in [-0.39, 0.29) is 0 Å². The molecule has 0 aliphatic carbocycles. The average Bonchev–Trinajstić information content (AvgIpc) is 2.52. The van der Waals surface area contributed by atoms with Gasteiger partial charge in [-0.15, -0.1) is 11.3 Å². The number of thiazole rings is 1. The van der Waals surface area contributed by atoms with Gasteiger partial charge in [0.2, 0.25) is 0 Å². The molecule has 0 saturated heterocycles. The lowest BCUT2D eigenvalue weighted by Gasteiger charge is -2.11. The smallest absolute Gasteiger partial charge is 0.0897 e. The van der Waals surface area contributed by atoms with Gasteiger partial charge in [-0.25, -0.2) is 4.98 Å². The Morgan fingerprint density at radius 2 is 2.43 bits per heavy atom. The number of ether oxygens (including phenoxy) is 1. The van der Waals surface area contributed by atoms with Crippen molar-refractivity contribution in [3.8, 4) is 0 Å². The fraction of sp³-hybridized carbons (Fsp3) is 0.700. The third kappa shape index (κ3) is 4.17. The zero-order chi connectivity index (χ0) is 10.4. The predicted octanol–water partition coefficient (Wildman–Crippen LogP) is 1.62. The minimum absolute atomic E-state index is 0.416. The highest BCUT2D eigenvalue weighted by Gasteiger charge is 2.01. The summed E-state index contributed by atoms with van der Waals surface area (Å²) < 4.78 is 5.03. The standard InChI is InChI=1S/C10H18N2OS/c1-8(6-13-3)11-5-4-10-7-14-9(2)12-10/h7-8,11H,4-6H2,1-3H3. The molecule has 3 nitrogen and oxygen atoms in total. The summed E-state index contributed by atoms with van der Waals surface area (Å²) in [4.78, 5) is 4.40. The van der Waals surface area contributed by atoms with Crippen molar-refractivity contribution < 1.29 is 4.74 Å². The van der Waals surface area contributed by atoms with Gasteiger partial charge < -0.3 is 10.1 Å². The van der Waals surface area contributed by atoms with Gasteiger partial charge >= 0.3 is 0 Å². The van der Waals surface area contributed by atoms with Crippen molar-refractivity contribution in [1.29, 1.82) is 0 Å². The molecule has 1 heterocycles. The van der Waals surface area contributed by atoms with Crippen molar-refractivity contribution >= 4 is 11.3 Å². The van der Waals surface area contributed by atoms with Gasteiger partial charge in [0.25, 0.3) is 0 Å². The van der Waals surface area contributed by atoms with Crippen molar-refractivity contribution in [3.05, 3.63) is 16.1 Å². The lowest BCUT2D eigenvalue weighted by Crippen LogP contribution is -2.31. The maximum Gasteiger partial charge on any atom is 0.0897 e. The maximum atomic E-state index is 5.03. The van der Waals surface area contributed by atoms with E-state index >= 15 is 0 Å². The Labute approximate surface area is 89.5 Å². The second kappa shape index (κ2) is 6.11. The van der Waals surface area contributed by atoms with Crippen LogP contribution in [0.5, 0.6) is 0 Å². The maximum absolute atomic E-state index is 5.03. The SMILES string of the molecule is COCC(C)NCCc1csc(C)n1. The molecule has 1 atom stereocenters. The first-order chi connectivity index (χ1) is 6.72. The van der Waals surface area contributed by atoms with Crippen LogP contribution in [0, 0.1) is 6.92 Å². The molecule has 14 heavy (non-hydrogen) atoms. The van der Waals surface area contributed by atoms with Crippen LogP contribution in [0.2, 0.25) is 0 Å². The lowest BCUT2D eigenvalue weighted by molar-refractivity contribution is 0.172. The van der Waals surface area contributed by atoms with Crippen LogP contribution >= 0.6 is 11.3 Å². The Bertz CT molecular complexity index is 262. The first-order valence-corrected chi connectivity index (χ1v) is 5.73. The Morgan fingerprint density at radius 3 is 3.00 bits per heavy atom. The minimum atomic E-state index is 0.416. The van der Waals surface area contributed by atoms with Crippen LogP contribution in [0.1, 0.15) is 17.6 Å². The fourth-order valence-electron chi connectivity index (χ4n) is 1.28. The molecule has 0 fully saturated rings. The number of nitrogens with zero attached hydrogens (tertiary/aromatic N) is 1. The topological polar surface area (TPSA) is 34.1 Å². The summed E-state index contributed by atoms with van der Waals surface area (Å²) in [7, 11) is 1.72. The van der Waals surface area contributed by atoms with Gasteiger partial charge in [-0.3, -0.25) is 0 Å². The van der Waals surface area contributed by atoms with E-state index in [1.54, 1.807) is 18.4 Å². The molecule has 1 aromatic rings. The van der Waals surface area contributed by atoms with Crippen molar-refractivity contribution in [2.24, 2.45) is 0 Å². The van der Waals surface area contributed by atoms with Crippen LogP contribution in [0.15, 0.2) is 5.38 Å². The molecule has 0 aliphatic heterocycles. The monoisotopic (exact) mass is 214 g/mol. The molecule has 0 saturated carbocycles. The van der Waals surface area contributed by atoms with Gasteiger partial charge in [0.05, 0.1) is 17.3 Å². The molecule has 0 radical (unpaired) electrons. The largest absolute Gasteiger partial charge is 0.383 e. The van der Waals surface area contributed by atoms with E-state index < -0.39 is 0 Å². The molecule has 1 unspecified atom stereocenters. The molecular weight excluding hydrogens is 196 g/mol.